The average Bonchev–Trinajstić information content (AvgIpc) is 3.14. The maximum absolute atomic E-state index is 12.6. The van der Waals surface area contributed by atoms with Gasteiger partial charge >= 0.3 is 0 Å². The molecule has 1 aromatic heterocycles. The van der Waals surface area contributed by atoms with Crippen LogP contribution in [0.3, 0.4) is 0 Å². The Labute approximate surface area is 159 Å². The SMILES string of the molecule is CNC(NO)C(C)N(C)C(=O)c1ccc(C#Cc2coc(COC)c2)cc1. The van der Waals surface area contributed by atoms with Crippen molar-refractivity contribution in [1.29, 1.82) is 0 Å². The third kappa shape index (κ3) is 5.42. The zero-order valence-corrected chi connectivity index (χ0v) is 15.9. The smallest absolute Gasteiger partial charge is 0.253 e. The maximum Gasteiger partial charge on any atom is 0.253 e. The van der Waals surface area contributed by atoms with E-state index in [4.69, 9.17) is 14.4 Å². The van der Waals surface area contributed by atoms with E-state index in [9.17, 15) is 4.79 Å². The molecule has 1 amide bonds. The zero-order chi connectivity index (χ0) is 19.8. The summed E-state index contributed by atoms with van der Waals surface area (Å²) in [4.78, 5) is 14.2. The van der Waals surface area contributed by atoms with E-state index < -0.39 is 6.17 Å². The summed E-state index contributed by atoms with van der Waals surface area (Å²) in [6.45, 7) is 2.25. The van der Waals surface area contributed by atoms with E-state index in [0.29, 0.717) is 12.2 Å². The molecule has 2 unspecified atom stereocenters. The molecule has 0 spiro atoms. The number of furan rings is 1. The van der Waals surface area contributed by atoms with Gasteiger partial charge in [-0.2, -0.15) is 5.48 Å². The summed E-state index contributed by atoms with van der Waals surface area (Å²) < 4.78 is 10.3. The number of rotatable bonds is 7. The lowest BCUT2D eigenvalue weighted by atomic mass is 10.1. The largest absolute Gasteiger partial charge is 0.466 e. The molecular weight excluding hydrogens is 346 g/mol. The standard InChI is InChI=1S/C20H25N3O4/c1-14(19(21-2)22-25)23(3)20(24)17-9-7-15(8-10-17)5-6-16-11-18(13-26-4)27-12-16/h7-12,14,19,21-22,25H,13H2,1-4H3. The Balaban J connectivity index is 2.06. The first-order chi connectivity index (χ1) is 13.0. The van der Waals surface area contributed by atoms with E-state index in [2.05, 4.69) is 22.6 Å². The number of hydrogen-bond acceptors (Lipinski definition) is 6. The van der Waals surface area contributed by atoms with Gasteiger partial charge in [-0.1, -0.05) is 11.8 Å². The minimum absolute atomic E-state index is 0.142. The van der Waals surface area contributed by atoms with E-state index in [-0.39, 0.29) is 11.9 Å². The number of amides is 1. The highest BCUT2D eigenvalue weighted by Crippen LogP contribution is 2.11. The van der Waals surface area contributed by atoms with Crippen LogP contribution in [-0.4, -0.2) is 49.4 Å². The molecule has 1 aromatic carbocycles. The number of methoxy groups -OCH3 is 1. The van der Waals surface area contributed by atoms with E-state index in [1.54, 1.807) is 56.6 Å². The van der Waals surface area contributed by atoms with E-state index in [1.165, 1.54) is 0 Å². The van der Waals surface area contributed by atoms with Gasteiger partial charge in [0.25, 0.3) is 5.91 Å². The summed E-state index contributed by atoms with van der Waals surface area (Å²) in [5, 5.41) is 12.0. The van der Waals surface area contributed by atoms with Crippen LogP contribution in [0.5, 0.6) is 0 Å². The molecule has 0 saturated carbocycles. The molecule has 7 nitrogen and oxygen atoms in total. The Morgan fingerprint density at radius 3 is 2.56 bits per heavy atom. The van der Waals surface area contributed by atoms with Crippen LogP contribution in [0.15, 0.2) is 41.0 Å². The molecule has 144 valence electrons. The van der Waals surface area contributed by atoms with Gasteiger partial charge in [-0.3, -0.25) is 4.79 Å². The number of nitrogens with zero attached hydrogens (tertiary/aromatic N) is 1. The van der Waals surface area contributed by atoms with Crippen molar-refractivity contribution in [1.82, 2.24) is 15.7 Å². The van der Waals surface area contributed by atoms with Gasteiger partial charge in [0.15, 0.2) is 0 Å². The van der Waals surface area contributed by atoms with Crippen LogP contribution in [-0.2, 0) is 11.3 Å². The highest BCUT2D eigenvalue weighted by Gasteiger charge is 2.23. The molecule has 2 rings (SSSR count). The summed E-state index contributed by atoms with van der Waals surface area (Å²) in [6, 6.07) is 8.65. The maximum atomic E-state index is 12.6. The van der Waals surface area contributed by atoms with Crippen molar-refractivity contribution in [2.24, 2.45) is 0 Å². The normalized spacial score (nSPS) is 12.8. The summed E-state index contributed by atoms with van der Waals surface area (Å²) in [5.74, 6) is 6.64. The van der Waals surface area contributed by atoms with Crippen LogP contribution < -0.4 is 10.8 Å². The molecule has 0 bridgehead atoms. The lowest BCUT2D eigenvalue weighted by Gasteiger charge is -2.30. The van der Waals surface area contributed by atoms with Gasteiger partial charge in [-0.25, -0.2) is 0 Å². The number of likely N-dealkylation sites (N-methyl/N-ethyl adjacent to an activating group) is 2. The third-order valence-electron chi connectivity index (χ3n) is 4.29. The molecule has 7 heteroatoms. The molecule has 0 radical (unpaired) electrons. The number of hydrogen-bond donors (Lipinski definition) is 3. The molecule has 2 atom stereocenters. The molecule has 2 aromatic rings. The second-order valence-electron chi connectivity index (χ2n) is 6.11. The highest BCUT2D eigenvalue weighted by molar-refractivity contribution is 5.94. The van der Waals surface area contributed by atoms with Crippen molar-refractivity contribution < 1.29 is 19.2 Å². The summed E-state index contributed by atoms with van der Waals surface area (Å²) in [7, 11) is 5.00. The van der Waals surface area contributed by atoms with Gasteiger partial charge < -0.3 is 24.6 Å². The minimum Gasteiger partial charge on any atom is -0.466 e. The summed E-state index contributed by atoms with van der Waals surface area (Å²) in [6.07, 6.45) is 1.16. The van der Waals surface area contributed by atoms with E-state index in [0.717, 1.165) is 16.9 Å². The van der Waals surface area contributed by atoms with Crippen molar-refractivity contribution in [2.75, 3.05) is 21.2 Å². The van der Waals surface area contributed by atoms with Crippen molar-refractivity contribution in [3.63, 3.8) is 0 Å². The van der Waals surface area contributed by atoms with Crippen LogP contribution in [0, 0.1) is 11.8 Å². The fourth-order valence-corrected chi connectivity index (χ4v) is 2.53. The Kier molecular flexibility index (Phi) is 7.58. The summed E-state index contributed by atoms with van der Waals surface area (Å²) in [5.41, 5.74) is 4.26. The topological polar surface area (TPSA) is 87.0 Å². The van der Waals surface area contributed by atoms with Crippen LogP contribution in [0.1, 0.15) is 34.2 Å². The molecule has 0 aliphatic heterocycles. The lowest BCUT2D eigenvalue weighted by Crippen LogP contribution is -2.54. The van der Waals surface area contributed by atoms with E-state index >= 15 is 0 Å². The third-order valence-corrected chi connectivity index (χ3v) is 4.29. The van der Waals surface area contributed by atoms with Gasteiger partial charge in [-0.05, 0) is 44.3 Å². The molecule has 0 aliphatic rings. The number of carbonyl (C=O) groups excluding carboxylic acids is 1. The quantitative estimate of drug-likeness (QED) is 0.391. The number of nitrogens with one attached hydrogen (secondary N) is 2. The van der Waals surface area contributed by atoms with Crippen molar-refractivity contribution in [3.05, 3.63) is 59.0 Å². The molecule has 1 heterocycles. The molecule has 27 heavy (non-hydrogen) atoms. The molecule has 0 fully saturated rings. The summed E-state index contributed by atoms with van der Waals surface area (Å²) >= 11 is 0. The Morgan fingerprint density at radius 2 is 1.96 bits per heavy atom. The van der Waals surface area contributed by atoms with Crippen molar-refractivity contribution >= 4 is 5.91 Å². The van der Waals surface area contributed by atoms with E-state index in [1.807, 2.05) is 13.0 Å². The first kappa shape index (κ1) is 20.7. The van der Waals surface area contributed by atoms with Gasteiger partial charge in [-0.15, -0.1) is 0 Å². The number of ether oxygens (including phenoxy) is 1. The predicted molar refractivity (Wildman–Crippen MR) is 101 cm³/mol. The average molecular weight is 371 g/mol. The van der Waals surface area contributed by atoms with Crippen LogP contribution in [0.4, 0.5) is 0 Å². The fourth-order valence-electron chi connectivity index (χ4n) is 2.53. The number of carbonyl (C=O) groups is 1. The molecule has 0 aliphatic carbocycles. The lowest BCUT2D eigenvalue weighted by molar-refractivity contribution is 0.0493. The van der Waals surface area contributed by atoms with Crippen LogP contribution in [0.25, 0.3) is 0 Å². The molecule has 0 saturated heterocycles. The van der Waals surface area contributed by atoms with Crippen molar-refractivity contribution in [3.8, 4) is 11.8 Å². The molecular formula is C20H25N3O4. The molecule has 3 N–H and O–H groups in total. The Bertz CT molecular complexity index is 801. The number of hydroxylamine groups is 1. The van der Waals surface area contributed by atoms with Crippen LogP contribution >= 0.6 is 0 Å². The predicted octanol–water partition coefficient (Wildman–Crippen LogP) is 1.81. The van der Waals surface area contributed by atoms with Crippen molar-refractivity contribution in [2.45, 2.75) is 25.7 Å². The van der Waals surface area contributed by atoms with Gasteiger partial charge in [0.05, 0.1) is 11.6 Å². The minimum atomic E-state index is -0.429. The monoisotopic (exact) mass is 371 g/mol. The first-order valence-corrected chi connectivity index (χ1v) is 8.52. The second kappa shape index (κ2) is 9.90. The van der Waals surface area contributed by atoms with Gasteiger partial charge in [0, 0.05) is 25.3 Å². The highest BCUT2D eigenvalue weighted by atomic mass is 16.5. The van der Waals surface area contributed by atoms with Gasteiger partial charge in [0.2, 0.25) is 0 Å². The second-order valence-corrected chi connectivity index (χ2v) is 6.11. The Morgan fingerprint density at radius 1 is 1.30 bits per heavy atom. The zero-order valence-electron chi connectivity index (χ0n) is 15.9. The fraction of sp³-hybridized carbons (Fsp3) is 0.350. The first-order valence-electron chi connectivity index (χ1n) is 8.52. The Hall–Kier alpha value is -2.63. The van der Waals surface area contributed by atoms with Gasteiger partial charge in [0.1, 0.15) is 24.8 Å². The van der Waals surface area contributed by atoms with Crippen LogP contribution in [0.2, 0.25) is 0 Å². The number of benzene rings is 1.